The summed E-state index contributed by atoms with van der Waals surface area (Å²) in [5.41, 5.74) is 2.08. The third kappa shape index (κ3) is 4.42. The fraction of sp³-hybridized carbons (Fsp3) is 0.550. The van der Waals surface area contributed by atoms with Gasteiger partial charge in [0.2, 0.25) is 11.8 Å². The highest BCUT2D eigenvalue weighted by molar-refractivity contribution is 5.97. The number of benzene rings is 1. The van der Waals surface area contributed by atoms with Crippen LogP contribution in [0.2, 0.25) is 0 Å². The molecule has 1 fully saturated rings. The van der Waals surface area contributed by atoms with Crippen molar-refractivity contribution in [2.24, 2.45) is 5.92 Å². The first-order valence-corrected chi connectivity index (χ1v) is 9.42. The molecule has 0 bridgehead atoms. The Morgan fingerprint density at radius 1 is 1.15 bits per heavy atom. The molecule has 2 heterocycles. The van der Waals surface area contributed by atoms with Gasteiger partial charge in [0.15, 0.2) is 0 Å². The standard InChI is InChI=1S/C20H26N2O4/c23-18(21-12-3-4-15(14-21)7-10-20(25)26)11-13-22-17-6-2-1-5-16(17)8-9-19(22)24/h1-2,5-6,15H,3-4,7-14H2,(H,25,26)/t15-/m1/s1. The van der Waals surface area contributed by atoms with E-state index in [2.05, 4.69) is 0 Å². The Hall–Kier alpha value is -2.37. The molecule has 1 saturated heterocycles. The lowest BCUT2D eigenvalue weighted by Gasteiger charge is -2.34. The van der Waals surface area contributed by atoms with Gasteiger partial charge in [0, 0.05) is 44.6 Å². The Morgan fingerprint density at radius 2 is 1.96 bits per heavy atom. The van der Waals surface area contributed by atoms with Gasteiger partial charge in [-0.2, -0.15) is 0 Å². The number of anilines is 1. The summed E-state index contributed by atoms with van der Waals surface area (Å²) in [6, 6.07) is 7.88. The van der Waals surface area contributed by atoms with Gasteiger partial charge in [-0.05, 0) is 43.2 Å². The minimum Gasteiger partial charge on any atom is -0.481 e. The van der Waals surface area contributed by atoms with Crippen LogP contribution in [0.25, 0.3) is 0 Å². The maximum absolute atomic E-state index is 12.6. The van der Waals surface area contributed by atoms with Gasteiger partial charge < -0.3 is 14.9 Å². The number of rotatable bonds is 6. The fourth-order valence-corrected chi connectivity index (χ4v) is 3.96. The van der Waals surface area contributed by atoms with Crippen LogP contribution in [0, 0.1) is 5.92 Å². The van der Waals surface area contributed by atoms with Crippen molar-refractivity contribution in [2.45, 2.75) is 44.9 Å². The number of carbonyl (C=O) groups is 3. The molecule has 0 radical (unpaired) electrons. The van der Waals surface area contributed by atoms with E-state index in [0.29, 0.717) is 32.4 Å². The summed E-state index contributed by atoms with van der Waals surface area (Å²) in [5.74, 6) is -0.382. The molecule has 1 aromatic rings. The highest BCUT2D eigenvalue weighted by atomic mass is 16.4. The molecular formula is C20H26N2O4. The summed E-state index contributed by atoms with van der Waals surface area (Å²) in [7, 11) is 0. The van der Waals surface area contributed by atoms with E-state index < -0.39 is 5.97 Å². The number of carbonyl (C=O) groups excluding carboxylic acids is 2. The monoisotopic (exact) mass is 358 g/mol. The Balaban J connectivity index is 1.55. The number of carboxylic acids is 1. The lowest BCUT2D eigenvalue weighted by atomic mass is 9.93. The molecule has 6 nitrogen and oxygen atoms in total. The van der Waals surface area contributed by atoms with Crippen LogP contribution in [0.4, 0.5) is 5.69 Å². The SMILES string of the molecule is O=C(O)CC[C@H]1CCCN(C(=O)CCN2C(=O)CCc3ccccc32)C1. The number of aryl methyl sites for hydroxylation is 1. The van der Waals surface area contributed by atoms with E-state index in [9.17, 15) is 14.4 Å². The highest BCUT2D eigenvalue weighted by Gasteiger charge is 2.27. The van der Waals surface area contributed by atoms with Gasteiger partial charge in [0.05, 0.1) is 0 Å². The van der Waals surface area contributed by atoms with Crippen molar-refractivity contribution in [2.75, 3.05) is 24.5 Å². The quantitative estimate of drug-likeness (QED) is 0.847. The third-order valence-corrected chi connectivity index (χ3v) is 5.38. The first-order chi connectivity index (χ1) is 12.5. The smallest absolute Gasteiger partial charge is 0.303 e. The van der Waals surface area contributed by atoms with Crippen LogP contribution < -0.4 is 4.90 Å². The van der Waals surface area contributed by atoms with E-state index in [1.54, 1.807) is 4.90 Å². The molecule has 0 unspecified atom stereocenters. The van der Waals surface area contributed by atoms with Crippen molar-refractivity contribution in [1.29, 1.82) is 0 Å². The van der Waals surface area contributed by atoms with Gasteiger partial charge in [0.1, 0.15) is 0 Å². The highest BCUT2D eigenvalue weighted by Crippen LogP contribution is 2.28. The molecular weight excluding hydrogens is 332 g/mol. The number of hydrogen-bond donors (Lipinski definition) is 1. The number of likely N-dealkylation sites (tertiary alicyclic amines) is 1. The fourth-order valence-electron chi connectivity index (χ4n) is 3.96. The van der Waals surface area contributed by atoms with Gasteiger partial charge in [-0.15, -0.1) is 0 Å². The largest absolute Gasteiger partial charge is 0.481 e. The van der Waals surface area contributed by atoms with Crippen LogP contribution in [0.3, 0.4) is 0 Å². The summed E-state index contributed by atoms with van der Waals surface area (Å²) in [6.07, 6.45) is 4.24. The van der Waals surface area contributed by atoms with Crippen LogP contribution >= 0.6 is 0 Å². The Labute approximate surface area is 153 Å². The molecule has 1 aromatic carbocycles. The first-order valence-electron chi connectivity index (χ1n) is 9.42. The number of piperidine rings is 1. The van der Waals surface area contributed by atoms with E-state index in [1.165, 1.54) is 0 Å². The lowest BCUT2D eigenvalue weighted by molar-refractivity contribution is -0.137. The minimum atomic E-state index is -0.782. The Morgan fingerprint density at radius 3 is 2.77 bits per heavy atom. The maximum Gasteiger partial charge on any atom is 0.303 e. The molecule has 0 aliphatic carbocycles. The molecule has 140 valence electrons. The zero-order valence-corrected chi connectivity index (χ0v) is 15.0. The van der Waals surface area contributed by atoms with Crippen LogP contribution in [-0.2, 0) is 20.8 Å². The third-order valence-electron chi connectivity index (χ3n) is 5.38. The molecule has 0 spiro atoms. The van der Waals surface area contributed by atoms with E-state index in [1.807, 2.05) is 29.2 Å². The second-order valence-electron chi connectivity index (χ2n) is 7.20. The number of aliphatic carboxylic acids is 1. The topological polar surface area (TPSA) is 77.9 Å². The van der Waals surface area contributed by atoms with E-state index in [0.717, 1.165) is 37.1 Å². The average Bonchev–Trinajstić information content (AvgIpc) is 2.65. The van der Waals surface area contributed by atoms with Gasteiger partial charge in [0.25, 0.3) is 0 Å². The predicted molar refractivity (Wildman–Crippen MR) is 97.9 cm³/mol. The summed E-state index contributed by atoms with van der Waals surface area (Å²) < 4.78 is 0. The summed E-state index contributed by atoms with van der Waals surface area (Å²) in [4.78, 5) is 39.2. The molecule has 1 atom stereocenters. The summed E-state index contributed by atoms with van der Waals surface area (Å²) >= 11 is 0. The van der Waals surface area contributed by atoms with Crippen molar-refractivity contribution in [1.82, 2.24) is 4.90 Å². The predicted octanol–water partition coefficient (Wildman–Crippen LogP) is 2.46. The van der Waals surface area contributed by atoms with Crippen LogP contribution in [0.15, 0.2) is 24.3 Å². The first kappa shape index (κ1) is 18.4. The maximum atomic E-state index is 12.6. The summed E-state index contributed by atoms with van der Waals surface area (Å²) in [5, 5.41) is 8.83. The van der Waals surface area contributed by atoms with E-state index >= 15 is 0 Å². The van der Waals surface area contributed by atoms with Crippen molar-refractivity contribution >= 4 is 23.5 Å². The zero-order chi connectivity index (χ0) is 18.5. The molecule has 2 aliphatic rings. The van der Waals surface area contributed by atoms with Gasteiger partial charge in [-0.25, -0.2) is 0 Å². The van der Waals surface area contributed by atoms with Crippen molar-refractivity contribution in [3.8, 4) is 0 Å². The number of hydrogen-bond acceptors (Lipinski definition) is 3. The molecule has 26 heavy (non-hydrogen) atoms. The Kier molecular flexibility index (Phi) is 5.91. The van der Waals surface area contributed by atoms with Crippen molar-refractivity contribution < 1.29 is 19.5 Å². The lowest BCUT2D eigenvalue weighted by Crippen LogP contribution is -2.43. The number of para-hydroxylation sites is 1. The Bertz CT molecular complexity index is 688. The molecule has 1 N–H and O–H groups in total. The number of amides is 2. The van der Waals surface area contributed by atoms with Crippen molar-refractivity contribution in [3.63, 3.8) is 0 Å². The molecule has 3 rings (SSSR count). The number of nitrogens with zero attached hydrogens (tertiary/aromatic N) is 2. The van der Waals surface area contributed by atoms with Crippen LogP contribution in [0.5, 0.6) is 0 Å². The van der Waals surface area contributed by atoms with Crippen LogP contribution in [0.1, 0.15) is 44.1 Å². The van der Waals surface area contributed by atoms with Gasteiger partial charge in [-0.1, -0.05) is 18.2 Å². The van der Waals surface area contributed by atoms with Gasteiger partial charge >= 0.3 is 5.97 Å². The van der Waals surface area contributed by atoms with Crippen LogP contribution in [-0.4, -0.2) is 47.4 Å². The number of fused-ring (bicyclic) bond motifs is 1. The number of carboxylic acid groups (broad SMARTS) is 1. The van der Waals surface area contributed by atoms with E-state index in [-0.39, 0.29) is 24.2 Å². The molecule has 6 heteroatoms. The molecule has 2 aliphatic heterocycles. The molecule has 0 aromatic heterocycles. The van der Waals surface area contributed by atoms with Crippen molar-refractivity contribution in [3.05, 3.63) is 29.8 Å². The molecule has 0 saturated carbocycles. The average molecular weight is 358 g/mol. The van der Waals surface area contributed by atoms with E-state index in [4.69, 9.17) is 5.11 Å². The summed E-state index contributed by atoms with van der Waals surface area (Å²) in [6.45, 7) is 1.77. The zero-order valence-electron chi connectivity index (χ0n) is 15.0. The molecule has 2 amide bonds. The van der Waals surface area contributed by atoms with Gasteiger partial charge in [-0.3, -0.25) is 14.4 Å². The second kappa shape index (κ2) is 8.34. The normalized spacial score (nSPS) is 20.0. The second-order valence-corrected chi connectivity index (χ2v) is 7.20. The minimum absolute atomic E-state index is 0.0564.